The molecule has 1 aromatic rings. The second-order valence-electron chi connectivity index (χ2n) is 3.60. The zero-order valence-corrected chi connectivity index (χ0v) is 9.72. The second-order valence-corrected chi connectivity index (χ2v) is 3.60. The van der Waals surface area contributed by atoms with Crippen LogP contribution in [0.4, 0.5) is 22.0 Å². The van der Waals surface area contributed by atoms with Gasteiger partial charge in [0.2, 0.25) is 0 Å². The van der Waals surface area contributed by atoms with Crippen LogP contribution in [0.25, 0.3) is 0 Å². The molecule has 1 rings (SSSR count). The van der Waals surface area contributed by atoms with Crippen molar-refractivity contribution in [1.29, 1.82) is 0 Å². The molecule has 0 spiro atoms. The van der Waals surface area contributed by atoms with E-state index in [1.165, 1.54) is 6.92 Å². The Labute approximate surface area is 105 Å². The number of carbonyl (C=O) groups is 1. The summed E-state index contributed by atoms with van der Waals surface area (Å²) in [5, 5.41) is 0. The number of carbonyl (C=O) groups excluding carboxylic acids is 1. The highest BCUT2D eigenvalue weighted by Gasteiger charge is 2.49. The third kappa shape index (κ3) is 3.01. The molecule has 0 saturated heterocycles. The van der Waals surface area contributed by atoms with Gasteiger partial charge >= 0.3 is 11.9 Å². The van der Waals surface area contributed by atoms with E-state index in [0.717, 1.165) is 0 Å². The van der Waals surface area contributed by atoms with Crippen LogP contribution in [0.1, 0.15) is 18.5 Å². The van der Waals surface area contributed by atoms with Gasteiger partial charge in [0.1, 0.15) is 23.5 Å². The molecule has 0 fully saturated rings. The standard InChI is InChI=1S/C11H10F5NO2/c1-2-19-10(18)11(15,16)9(17)8-6(13)3-5(12)4-7(8)14/h3-4,9H,2,17H2,1H3/t9-/m0/s1. The van der Waals surface area contributed by atoms with E-state index in [-0.39, 0.29) is 18.7 Å². The third-order valence-electron chi connectivity index (χ3n) is 2.29. The summed E-state index contributed by atoms with van der Waals surface area (Å²) < 4.78 is 70.3. The summed E-state index contributed by atoms with van der Waals surface area (Å²) in [6, 6.07) is -2.23. The maximum absolute atomic E-state index is 13.5. The van der Waals surface area contributed by atoms with Gasteiger partial charge in [-0.1, -0.05) is 0 Å². The molecular formula is C11H10F5NO2. The van der Waals surface area contributed by atoms with Gasteiger partial charge in [-0.3, -0.25) is 0 Å². The lowest BCUT2D eigenvalue weighted by Gasteiger charge is -2.22. The van der Waals surface area contributed by atoms with Crippen molar-refractivity contribution in [2.75, 3.05) is 6.61 Å². The third-order valence-corrected chi connectivity index (χ3v) is 2.29. The molecule has 3 nitrogen and oxygen atoms in total. The summed E-state index contributed by atoms with van der Waals surface area (Å²) in [6.45, 7) is 0.925. The van der Waals surface area contributed by atoms with Gasteiger partial charge in [-0.2, -0.15) is 8.78 Å². The Morgan fingerprint density at radius 1 is 1.32 bits per heavy atom. The molecule has 0 saturated carbocycles. The molecule has 8 heteroatoms. The first-order chi connectivity index (χ1) is 8.71. The number of rotatable bonds is 4. The Hall–Kier alpha value is -1.70. The minimum Gasteiger partial charge on any atom is -0.462 e. The van der Waals surface area contributed by atoms with Crippen LogP contribution >= 0.6 is 0 Å². The summed E-state index contributed by atoms with van der Waals surface area (Å²) in [6.07, 6.45) is 0. The normalized spacial score (nSPS) is 13.2. The highest BCUT2D eigenvalue weighted by Crippen LogP contribution is 2.33. The van der Waals surface area contributed by atoms with Crippen LogP contribution in [-0.4, -0.2) is 18.5 Å². The molecule has 1 atom stereocenters. The second kappa shape index (κ2) is 5.52. The summed E-state index contributed by atoms with van der Waals surface area (Å²) in [5.41, 5.74) is 3.72. The predicted molar refractivity (Wildman–Crippen MR) is 54.8 cm³/mol. The number of hydrogen-bond donors (Lipinski definition) is 1. The molecule has 0 radical (unpaired) electrons. The van der Waals surface area contributed by atoms with Crippen molar-refractivity contribution < 1.29 is 31.5 Å². The Balaban J connectivity index is 3.19. The van der Waals surface area contributed by atoms with Crippen LogP contribution in [0.5, 0.6) is 0 Å². The number of esters is 1. The van der Waals surface area contributed by atoms with E-state index in [0.29, 0.717) is 0 Å². The largest absolute Gasteiger partial charge is 0.462 e. The van der Waals surface area contributed by atoms with E-state index in [4.69, 9.17) is 5.73 Å². The van der Waals surface area contributed by atoms with Crippen LogP contribution in [0.2, 0.25) is 0 Å². The molecule has 106 valence electrons. The summed E-state index contributed by atoms with van der Waals surface area (Å²) in [7, 11) is 0. The number of ether oxygens (including phenoxy) is 1. The van der Waals surface area contributed by atoms with Gasteiger partial charge in [0, 0.05) is 17.7 Å². The minimum absolute atomic E-state index is 0.194. The minimum atomic E-state index is -4.34. The van der Waals surface area contributed by atoms with Crippen molar-refractivity contribution in [2.45, 2.75) is 18.9 Å². The molecule has 0 aliphatic rings. The van der Waals surface area contributed by atoms with Gasteiger partial charge in [-0.05, 0) is 6.92 Å². The number of alkyl halides is 2. The van der Waals surface area contributed by atoms with Gasteiger partial charge < -0.3 is 10.5 Å². The number of benzene rings is 1. The summed E-state index contributed by atoms with van der Waals surface area (Å²) in [4.78, 5) is 11.0. The average Bonchev–Trinajstić information content (AvgIpc) is 2.27. The lowest BCUT2D eigenvalue weighted by Crippen LogP contribution is -2.42. The molecule has 19 heavy (non-hydrogen) atoms. The molecule has 0 amide bonds. The van der Waals surface area contributed by atoms with Crippen molar-refractivity contribution in [1.82, 2.24) is 0 Å². The van der Waals surface area contributed by atoms with E-state index in [2.05, 4.69) is 4.74 Å². The highest BCUT2D eigenvalue weighted by atomic mass is 19.3. The van der Waals surface area contributed by atoms with E-state index in [1.807, 2.05) is 0 Å². The zero-order chi connectivity index (χ0) is 14.8. The van der Waals surface area contributed by atoms with Gasteiger partial charge in [0.25, 0.3) is 0 Å². The van der Waals surface area contributed by atoms with Crippen LogP contribution in [-0.2, 0) is 9.53 Å². The van der Waals surface area contributed by atoms with Crippen molar-refractivity contribution in [3.63, 3.8) is 0 Å². The molecule has 0 bridgehead atoms. The van der Waals surface area contributed by atoms with Crippen molar-refractivity contribution in [2.24, 2.45) is 5.73 Å². The first kappa shape index (κ1) is 15.4. The van der Waals surface area contributed by atoms with Gasteiger partial charge in [-0.15, -0.1) is 0 Å². The first-order valence-electron chi connectivity index (χ1n) is 5.16. The van der Waals surface area contributed by atoms with Crippen LogP contribution in [0.3, 0.4) is 0 Å². The van der Waals surface area contributed by atoms with Gasteiger partial charge in [0.15, 0.2) is 0 Å². The maximum atomic E-state index is 13.5. The maximum Gasteiger partial charge on any atom is 0.379 e. The fourth-order valence-electron chi connectivity index (χ4n) is 1.39. The fourth-order valence-corrected chi connectivity index (χ4v) is 1.39. The Morgan fingerprint density at radius 3 is 2.21 bits per heavy atom. The summed E-state index contributed by atoms with van der Waals surface area (Å²) >= 11 is 0. The monoisotopic (exact) mass is 283 g/mol. The SMILES string of the molecule is CCOC(=O)C(F)(F)[C@@H](N)c1c(F)cc(F)cc1F. The Kier molecular flexibility index (Phi) is 4.46. The highest BCUT2D eigenvalue weighted by molar-refractivity contribution is 5.78. The molecule has 1 aromatic carbocycles. The Bertz CT molecular complexity index is 469. The van der Waals surface area contributed by atoms with Gasteiger partial charge in [-0.25, -0.2) is 18.0 Å². The predicted octanol–water partition coefficient (Wildman–Crippen LogP) is 2.30. The Morgan fingerprint density at radius 2 is 1.79 bits per heavy atom. The van der Waals surface area contributed by atoms with Crippen molar-refractivity contribution >= 4 is 5.97 Å². The number of hydrogen-bond acceptors (Lipinski definition) is 3. The smallest absolute Gasteiger partial charge is 0.379 e. The number of halogens is 5. The van der Waals surface area contributed by atoms with Crippen LogP contribution in [0, 0.1) is 17.5 Å². The molecule has 0 heterocycles. The summed E-state index contributed by atoms with van der Waals surface area (Å²) in [5.74, 6) is -10.8. The lowest BCUT2D eigenvalue weighted by atomic mass is 10.00. The molecule has 0 aliphatic carbocycles. The first-order valence-corrected chi connectivity index (χ1v) is 5.16. The molecule has 0 aliphatic heterocycles. The topological polar surface area (TPSA) is 52.3 Å². The van der Waals surface area contributed by atoms with Crippen LogP contribution < -0.4 is 5.73 Å². The van der Waals surface area contributed by atoms with Gasteiger partial charge in [0.05, 0.1) is 6.61 Å². The quantitative estimate of drug-likeness (QED) is 0.681. The number of nitrogens with two attached hydrogens (primary N) is 1. The zero-order valence-electron chi connectivity index (χ0n) is 9.72. The molecule has 0 aromatic heterocycles. The van der Waals surface area contributed by atoms with E-state index >= 15 is 0 Å². The van der Waals surface area contributed by atoms with E-state index in [1.54, 1.807) is 0 Å². The molecule has 2 N–H and O–H groups in total. The molecule has 0 unspecified atom stereocenters. The van der Waals surface area contributed by atoms with Crippen LogP contribution in [0.15, 0.2) is 12.1 Å². The van der Waals surface area contributed by atoms with E-state index in [9.17, 15) is 26.7 Å². The van der Waals surface area contributed by atoms with Crippen molar-refractivity contribution in [3.8, 4) is 0 Å². The average molecular weight is 283 g/mol. The molecular weight excluding hydrogens is 273 g/mol. The van der Waals surface area contributed by atoms with Crippen molar-refractivity contribution in [3.05, 3.63) is 35.1 Å². The fraction of sp³-hybridized carbons (Fsp3) is 0.364. The van der Waals surface area contributed by atoms with E-state index < -0.39 is 40.9 Å². The lowest BCUT2D eigenvalue weighted by molar-refractivity contribution is -0.175.